The van der Waals surface area contributed by atoms with Gasteiger partial charge in [-0.25, -0.2) is 8.78 Å². The van der Waals surface area contributed by atoms with E-state index in [1.165, 1.54) is 0 Å². The van der Waals surface area contributed by atoms with E-state index in [2.05, 4.69) is 4.98 Å². The molecule has 0 fully saturated rings. The van der Waals surface area contributed by atoms with Gasteiger partial charge in [0.05, 0.1) is 18.5 Å². The minimum Gasteiger partial charge on any atom is -0.487 e. The summed E-state index contributed by atoms with van der Waals surface area (Å²) in [5.41, 5.74) is 3.32. The van der Waals surface area contributed by atoms with Crippen molar-refractivity contribution in [3.63, 3.8) is 0 Å². The number of pyridine rings is 1. The number of rotatable bonds is 5. The molecule has 0 spiro atoms. The summed E-state index contributed by atoms with van der Waals surface area (Å²) in [7, 11) is 0. The monoisotopic (exact) mass is 437 g/mol. The number of nitrogens with zero attached hydrogens (tertiary/aromatic N) is 1. The number of aliphatic hydroxyl groups is 1. The van der Waals surface area contributed by atoms with E-state index in [0.717, 1.165) is 41.1 Å². The van der Waals surface area contributed by atoms with E-state index in [0.29, 0.717) is 17.7 Å². The average Bonchev–Trinajstić information content (AvgIpc) is 2.75. The third-order valence-corrected chi connectivity index (χ3v) is 5.85. The van der Waals surface area contributed by atoms with Crippen molar-refractivity contribution in [3.8, 4) is 16.9 Å². The predicted octanol–water partition coefficient (Wildman–Crippen LogP) is 5.61. The van der Waals surface area contributed by atoms with Gasteiger partial charge >= 0.3 is 0 Å². The molecule has 1 aliphatic rings. The number of hydrogen-bond donors (Lipinski definition) is 1. The zero-order valence-corrected chi connectivity index (χ0v) is 18.3. The third kappa shape index (κ3) is 4.28. The fourth-order valence-electron chi connectivity index (χ4n) is 4.17. The third-order valence-electron chi connectivity index (χ3n) is 5.85. The fourth-order valence-corrected chi connectivity index (χ4v) is 4.17. The van der Waals surface area contributed by atoms with Gasteiger partial charge in [0.1, 0.15) is 23.0 Å². The van der Waals surface area contributed by atoms with Crippen LogP contribution in [0.15, 0.2) is 48.8 Å². The molecule has 1 atom stereocenters. The number of carbonyl (C=O) groups is 1. The minimum absolute atomic E-state index is 0.282. The second-order valence-corrected chi connectivity index (χ2v) is 8.74. The highest BCUT2D eigenvalue weighted by atomic mass is 19.1. The van der Waals surface area contributed by atoms with Crippen molar-refractivity contribution in [3.05, 3.63) is 82.7 Å². The molecule has 1 aliphatic heterocycles. The van der Waals surface area contributed by atoms with Crippen LogP contribution >= 0.6 is 0 Å². The zero-order valence-electron chi connectivity index (χ0n) is 18.3. The van der Waals surface area contributed by atoms with Gasteiger partial charge in [-0.1, -0.05) is 31.2 Å². The van der Waals surface area contributed by atoms with Crippen LogP contribution in [0.25, 0.3) is 11.1 Å². The van der Waals surface area contributed by atoms with Gasteiger partial charge in [0.25, 0.3) is 0 Å². The summed E-state index contributed by atoms with van der Waals surface area (Å²) in [6.45, 7) is 5.93. The number of hydrogen-bond acceptors (Lipinski definition) is 4. The Morgan fingerprint density at radius 3 is 2.44 bits per heavy atom. The molecule has 4 rings (SSSR count). The smallest absolute Gasteiger partial charge is 0.167 e. The van der Waals surface area contributed by atoms with Crippen molar-refractivity contribution in [1.82, 2.24) is 4.98 Å². The van der Waals surface area contributed by atoms with Crippen molar-refractivity contribution >= 4 is 5.78 Å². The maximum Gasteiger partial charge on any atom is 0.167 e. The van der Waals surface area contributed by atoms with Gasteiger partial charge in [-0.3, -0.25) is 9.78 Å². The maximum absolute atomic E-state index is 13.8. The van der Waals surface area contributed by atoms with Crippen LogP contribution in [0.1, 0.15) is 60.3 Å². The molecule has 2 heterocycles. The quantitative estimate of drug-likeness (QED) is 0.527. The van der Waals surface area contributed by atoms with Crippen LogP contribution in [0.4, 0.5) is 8.78 Å². The van der Waals surface area contributed by atoms with Crippen LogP contribution in [0, 0.1) is 11.6 Å². The highest BCUT2D eigenvalue weighted by molar-refractivity contribution is 5.98. The number of aliphatic hydroxyl groups excluding tert-OH is 1. The Bertz CT molecular complexity index is 1150. The topological polar surface area (TPSA) is 59.4 Å². The molecule has 1 N–H and O–H groups in total. The lowest BCUT2D eigenvalue weighted by Gasteiger charge is -2.36. The van der Waals surface area contributed by atoms with Crippen molar-refractivity contribution in [2.45, 2.75) is 51.7 Å². The molecular weight excluding hydrogens is 412 g/mol. The summed E-state index contributed by atoms with van der Waals surface area (Å²) in [6, 6.07) is 10.9. The number of ketones is 1. The summed E-state index contributed by atoms with van der Waals surface area (Å²) < 4.78 is 33.8. The van der Waals surface area contributed by atoms with Crippen molar-refractivity contribution in [2.24, 2.45) is 0 Å². The minimum atomic E-state index is -0.832. The fraction of sp³-hybridized carbons (Fsp3) is 0.308. The molecule has 1 unspecified atom stereocenters. The highest BCUT2D eigenvalue weighted by Crippen LogP contribution is 2.43. The lowest BCUT2D eigenvalue weighted by atomic mass is 9.87. The Morgan fingerprint density at radius 1 is 1.16 bits per heavy atom. The largest absolute Gasteiger partial charge is 0.487 e. The molecule has 0 bridgehead atoms. The second kappa shape index (κ2) is 8.43. The first-order valence-corrected chi connectivity index (χ1v) is 10.6. The van der Waals surface area contributed by atoms with E-state index in [1.807, 2.05) is 45.0 Å². The number of carbonyl (C=O) groups excluding carboxylic acids is 1. The maximum atomic E-state index is 13.8. The van der Waals surface area contributed by atoms with Crippen LogP contribution in [-0.2, 0) is 12.8 Å². The number of aromatic nitrogens is 1. The van der Waals surface area contributed by atoms with Crippen molar-refractivity contribution in [2.75, 3.05) is 0 Å². The Kier molecular flexibility index (Phi) is 5.82. The molecule has 0 aliphatic carbocycles. The number of fused-ring (bicyclic) bond motifs is 1. The molecule has 0 saturated carbocycles. The highest BCUT2D eigenvalue weighted by Gasteiger charge is 2.33. The number of aryl methyl sites for hydroxylation is 1. The van der Waals surface area contributed by atoms with Gasteiger partial charge < -0.3 is 9.84 Å². The lowest BCUT2D eigenvalue weighted by molar-refractivity contribution is 0.0115. The number of ether oxygens (including phenoxy) is 1. The second-order valence-electron chi connectivity index (χ2n) is 8.74. The van der Waals surface area contributed by atoms with E-state index in [1.54, 1.807) is 12.1 Å². The van der Waals surface area contributed by atoms with Gasteiger partial charge in [0.15, 0.2) is 5.78 Å². The summed E-state index contributed by atoms with van der Waals surface area (Å²) in [5, 5.41) is 10.6. The molecule has 0 radical (unpaired) electrons. The molecule has 4 nitrogen and oxygen atoms in total. The summed E-state index contributed by atoms with van der Waals surface area (Å²) in [6.07, 6.45) is 2.13. The summed E-state index contributed by atoms with van der Waals surface area (Å²) >= 11 is 0. The van der Waals surface area contributed by atoms with Gasteiger partial charge in [-0.15, -0.1) is 0 Å². The molecule has 0 saturated heterocycles. The first-order valence-electron chi connectivity index (χ1n) is 10.6. The molecule has 166 valence electrons. The SMILES string of the molecule is CCc1cc2c(cc1-c1ccc(C(=O)Cc3c(F)cncc3F)cc1)OC(C)(C)CC2O. The normalized spacial score (nSPS) is 16.9. The summed E-state index contributed by atoms with van der Waals surface area (Å²) in [4.78, 5) is 16.0. The van der Waals surface area contributed by atoms with E-state index < -0.39 is 23.3 Å². The van der Waals surface area contributed by atoms with E-state index >= 15 is 0 Å². The Balaban J connectivity index is 1.64. The van der Waals surface area contributed by atoms with Gasteiger partial charge in [0.2, 0.25) is 0 Å². The molecule has 6 heteroatoms. The van der Waals surface area contributed by atoms with Gasteiger partial charge in [-0.2, -0.15) is 0 Å². The van der Waals surface area contributed by atoms with Gasteiger partial charge in [0, 0.05) is 29.5 Å². The molecule has 1 aromatic heterocycles. The lowest BCUT2D eigenvalue weighted by Crippen LogP contribution is -2.34. The van der Waals surface area contributed by atoms with Crippen LogP contribution in [-0.4, -0.2) is 21.5 Å². The van der Waals surface area contributed by atoms with E-state index in [4.69, 9.17) is 4.74 Å². The van der Waals surface area contributed by atoms with Crippen LogP contribution in [0.2, 0.25) is 0 Å². The molecular formula is C26H25F2NO3. The molecule has 32 heavy (non-hydrogen) atoms. The predicted molar refractivity (Wildman–Crippen MR) is 118 cm³/mol. The van der Waals surface area contributed by atoms with Gasteiger partial charge in [-0.05, 0) is 49.1 Å². The zero-order chi connectivity index (χ0) is 23.0. The van der Waals surface area contributed by atoms with Crippen molar-refractivity contribution < 1.29 is 23.4 Å². The first kappa shape index (κ1) is 22.1. The Hall–Kier alpha value is -3.12. The number of Topliss-reactive ketones (excluding diaryl/α,β-unsaturated/α-hetero) is 1. The average molecular weight is 437 g/mol. The van der Waals surface area contributed by atoms with Crippen molar-refractivity contribution in [1.29, 1.82) is 0 Å². The van der Waals surface area contributed by atoms with E-state index in [-0.39, 0.29) is 17.8 Å². The molecule has 0 amide bonds. The number of halogens is 2. The van der Waals surface area contributed by atoms with Crippen LogP contribution in [0.5, 0.6) is 5.75 Å². The Morgan fingerprint density at radius 2 is 1.81 bits per heavy atom. The first-order chi connectivity index (χ1) is 15.2. The number of benzene rings is 2. The standard InChI is InChI=1S/C26H25F2NO3/c1-4-15-9-20-24(31)12-26(2,3)32-25(20)11-18(15)16-5-7-17(8-6-16)23(30)10-19-21(27)13-29-14-22(19)28/h5-9,11,13-14,24,31H,4,10,12H2,1-3H3. The summed E-state index contributed by atoms with van der Waals surface area (Å²) in [5.74, 6) is -1.39. The van der Waals surface area contributed by atoms with Crippen LogP contribution in [0.3, 0.4) is 0 Å². The van der Waals surface area contributed by atoms with E-state index in [9.17, 15) is 18.7 Å². The molecule has 3 aromatic rings. The molecule has 2 aromatic carbocycles. The Labute approximate surface area is 185 Å². The van der Waals surface area contributed by atoms with Crippen LogP contribution < -0.4 is 4.74 Å².